The van der Waals surface area contributed by atoms with Gasteiger partial charge in [-0.15, -0.1) is 0 Å². The first kappa shape index (κ1) is 10.4. The molecule has 1 rings (SSSR count). The van der Waals surface area contributed by atoms with E-state index < -0.39 is 0 Å². The van der Waals surface area contributed by atoms with Crippen molar-refractivity contribution < 1.29 is 0 Å². The van der Waals surface area contributed by atoms with Gasteiger partial charge in [0.05, 0.1) is 10.7 Å². The number of anilines is 1. The highest BCUT2D eigenvalue weighted by Gasteiger charge is 2.08. The Morgan fingerprint density at radius 2 is 2.00 bits per heavy atom. The molecule has 0 heterocycles. The highest BCUT2D eigenvalue weighted by Crippen LogP contribution is 2.29. The van der Waals surface area contributed by atoms with E-state index in [2.05, 4.69) is 5.32 Å². The third-order valence-electron chi connectivity index (χ3n) is 1.71. The first-order chi connectivity index (χ1) is 6.06. The number of hydrogen-bond acceptors (Lipinski definition) is 2. The second kappa shape index (κ2) is 3.99. The van der Waals surface area contributed by atoms with Crippen molar-refractivity contribution in [2.75, 3.05) is 12.4 Å². The predicted molar refractivity (Wildman–Crippen MR) is 58.5 cm³/mol. The standard InChI is InChI=1S/C9H10Cl2N2/c1-5(12)7-3-6(10)4-8(11)9(7)13-2/h3-4,12-13H,1-2H3. The summed E-state index contributed by atoms with van der Waals surface area (Å²) in [6.07, 6.45) is 0. The molecule has 0 spiro atoms. The summed E-state index contributed by atoms with van der Waals surface area (Å²) < 4.78 is 0. The summed E-state index contributed by atoms with van der Waals surface area (Å²) in [5.74, 6) is 0. The van der Waals surface area contributed by atoms with Crippen molar-refractivity contribution in [1.29, 1.82) is 5.41 Å². The van der Waals surface area contributed by atoms with Gasteiger partial charge in [0.15, 0.2) is 0 Å². The Hall–Kier alpha value is -0.730. The summed E-state index contributed by atoms with van der Waals surface area (Å²) in [7, 11) is 1.77. The molecule has 0 bridgehead atoms. The highest BCUT2D eigenvalue weighted by molar-refractivity contribution is 6.37. The molecule has 0 radical (unpaired) electrons. The smallest absolute Gasteiger partial charge is 0.0659 e. The van der Waals surface area contributed by atoms with E-state index in [4.69, 9.17) is 28.6 Å². The van der Waals surface area contributed by atoms with Gasteiger partial charge < -0.3 is 10.7 Å². The number of halogens is 2. The molecule has 0 unspecified atom stereocenters. The summed E-state index contributed by atoms with van der Waals surface area (Å²) in [4.78, 5) is 0. The van der Waals surface area contributed by atoms with Crippen molar-refractivity contribution in [3.05, 3.63) is 27.7 Å². The van der Waals surface area contributed by atoms with Crippen LogP contribution in [0.25, 0.3) is 0 Å². The van der Waals surface area contributed by atoms with Gasteiger partial charge >= 0.3 is 0 Å². The molecule has 4 heteroatoms. The Bertz CT molecular complexity index is 348. The van der Waals surface area contributed by atoms with Crippen molar-refractivity contribution in [2.45, 2.75) is 6.92 Å². The molecule has 0 aliphatic heterocycles. The molecular formula is C9H10Cl2N2. The van der Waals surface area contributed by atoms with Crippen LogP contribution in [-0.4, -0.2) is 12.8 Å². The third kappa shape index (κ3) is 2.14. The van der Waals surface area contributed by atoms with Gasteiger partial charge in [-0.05, 0) is 19.1 Å². The van der Waals surface area contributed by atoms with Crippen LogP contribution in [0.1, 0.15) is 12.5 Å². The molecular weight excluding hydrogens is 207 g/mol. The Balaban J connectivity index is 3.38. The van der Waals surface area contributed by atoms with Gasteiger partial charge in [-0.2, -0.15) is 0 Å². The van der Waals surface area contributed by atoms with Gasteiger partial charge in [0.25, 0.3) is 0 Å². The van der Waals surface area contributed by atoms with Gasteiger partial charge in [0, 0.05) is 23.3 Å². The molecule has 0 aliphatic rings. The number of hydrogen-bond donors (Lipinski definition) is 2. The summed E-state index contributed by atoms with van der Waals surface area (Å²) in [6, 6.07) is 3.38. The van der Waals surface area contributed by atoms with Crippen molar-refractivity contribution in [3.63, 3.8) is 0 Å². The van der Waals surface area contributed by atoms with Gasteiger partial charge in [-0.25, -0.2) is 0 Å². The minimum Gasteiger partial charge on any atom is -0.386 e. The molecule has 0 saturated carbocycles. The monoisotopic (exact) mass is 216 g/mol. The molecule has 2 nitrogen and oxygen atoms in total. The van der Waals surface area contributed by atoms with Crippen molar-refractivity contribution in [3.8, 4) is 0 Å². The molecule has 0 aromatic heterocycles. The van der Waals surface area contributed by atoms with Crippen LogP contribution in [-0.2, 0) is 0 Å². The number of nitrogens with one attached hydrogen (secondary N) is 2. The molecule has 0 aliphatic carbocycles. The Morgan fingerprint density at radius 1 is 1.38 bits per heavy atom. The van der Waals surface area contributed by atoms with E-state index >= 15 is 0 Å². The molecule has 70 valence electrons. The van der Waals surface area contributed by atoms with Crippen molar-refractivity contribution >= 4 is 34.6 Å². The molecule has 13 heavy (non-hydrogen) atoms. The third-order valence-corrected chi connectivity index (χ3v) is 2.23. The molecule has 0 atom stereocenters. The van der Waals surface area contributed by atoms with Crippen molar-refractivity contribution in [2.24, 2.45) is 0 Å². The van der Waals surface area contributed by atoms with Gasteiger partial charge in [0.2, 0.25) is 0 Å². The van der Waals surface area contributed by atoms with E-state index in [1.807, 2.05) is 0 Å². The lowest BCUT2D eigenvalue weighted by atomic mass is 10.1. The van der Waals surface area contributed by atoms with Crippen LogP contribution >= 0.6 is 23.2 Å². The maximum Gasteiger partial charge on any atom is 0.0659 e. The average Bonchev–Trinajstić information content (AvgIpc) is 2.02. The fraction of sp³-hybridized carbons (Fsp3) is 0.222. The van der Waals surface area contributed by atoms with Crippen LogP contribution in [0.4, 0.5) is 5.69 Å². The van der Waals surface area contributed by atoms with E-state index in [9.17, 15) is 0 Å². The zero-order chi connectivity index (χ0) is 10.0. The zero-order valence-corrected chi connectivity index (χ0v) is 8.92. The van der Waals surface area contributed by atoms with E-state index in [1.54, 1.807) is 26.1 Å². The zero-order valence-electron chi connectivity index (χ0n) is 7.41. The maximum atomic E-state index is 7.52. The summed E-state index contributed by atoms with van der Waals surface area (Å²) in [5, 5.41) is 11.5. The Labute approximate surface area is 87.4 Å². The van der Waals surface area contributed by atoms with Crippen LogP contribution in [0.3, 0.4) is 0 Å². The summed E-state index contributed by atoms with van der Waals surface area (Å²) >= 11 is 11.7. The number of rotatable bonds is 2. The lowest BCUT2D eigenvalue weighted by Gasteiger charge is -2.10. The minimum absolute atomic E-state index is 0.439. The predicted octanol–water partition coefficient (Wildman–Crippen LogP) is 3.42. The summed E-state index contributed by atoms with van der Waals surface area (Å²) in [5.41, 5.74) is 1.92. The largest absolute Gasteiger partial charge is 0.386 e. The first-order valence-electron chi connectivity index (χ1n) is 3.78. The quantitative estimate of drug-likeness (QED) is 0.731. The fourth-order valence-corrected chi connectivity index (χ4v) is 1.71. The molecule has 0 amide bonds. The van der Waals surface area contributed by atoms with Gasteiger partial charge in [-0.3, -0.25) is 0 Å². The van der Waals surface area contributed by atoms with E-state index in [0.717, 1.165) is 11.3 Å². The Kier molecular flexibility index (Phi) is 3.17. The molecule has 0 saturated heterocycles. The minimum atomic E-state index is 0.439. The number of benzene rings is 1. The fourth-order valence-electron chi connectivity index (χ4n) is 1.12. The molecule has 2 N–H and O–H groups in total. The van der Waals surface area contributed by atoms with Crippen LogP contribution < -0.4 is 5.32 Å². The normalized spacial score (nSPS) is 9.85. The van der Waals surface area contributed by atoms with E-state index in [-0.39, 0.29) is 0 Å². The second-order valence-electron chi connectivity index (χ2n) is 2.69. The lowest BCUT2D eigenvalue weighted by molar-refractivity contribution is 1.42. The van der Waals surface area contributed by atoms with E-state index in [1.165, 1.54) is 0 Å². The lowest BCUT2D eigenvalue weighted by Crippen LogP contribution is -2.00. The van der Waals surface area contributed by atoms with Crippen molar-refractivity contribution in [1.82, 2.24) is 0 Å². The van der Waals surface area contributed by atoms with Crippen LogP contribution in [0.15, 0.2) is 12.1 Å². The van der Waals surface area contributed by atoms with Crippen LogP contribution in [0.2, 0.25) is 10.0 Å². The van der Waals surface area contributed by atoms with Crippen LogP contribution in [0, 0.1) is 5.41 Å². The molecule has 1 aromatic carbocycles. The van der Waals surface area contributed by atoms with Crippen LogP contribution in [0.5, 0.6) is 0 Å². The Morgan fingerprint density at radius 3 is 2.46 bits per heavy atom. The van der Waals surface area contributed by atoms with Gasteiger partial charge in [-0.1, -0.05) is 23.2 Å². The van der Waals surface area contributed by atoms with Gasteiger partial charge in [0.1, 0.15) is 0 Å². The summed E-state index contributed by atoms with van der Waals surface area (Å²) in [6.45, 7) is 1.70. The second-order valence-corrected chi connectivity index (χ2v) is 3.53. The first-order valence-corrected chi connectivity index (χ1v) is 4.54. The highest BCUT2D eigenvalue weighted by atomic mass is 35.5. The van der Waals surface area contributed by atoms with E-state index in [0.29, 0.717) is 15.8 Å². The molecule has 0 fully saturated rings. The average molecular weight is 217 g/mol. The maximum absolute atomic E-state index is 7.52. The molecule has 1 aromatic rings. The SMILES string of the molecule is CNc1c(Cl)cc(Cl)cc1C(C)=N. The topological polar surface area (TPSA) is 35.9 Å².